The summed E-state index contributed by atoms with van der Waals surface area (Å²) in [4.78, 5) is 16.4. The molecule has 1 aliphatic heterocycles. The Bertz CT molecular complexity index is 302. The monoisotopic (exact) mass is 340 g/mol. The first kappa shape index (κ1) is 21.4. The van der Waals surface area contributed by atoms with E-state index in [2.05, 4.69) is 11.8 Å². The van der Waals surface area contributed by atoms with Crippen LogP contribution in [0.2, 0.25) is 0 Å². The highest BCUT2D eigenvalue weighted by atomic mass is 16.3. The van der Waals surface area contributed by atoms with Crippen molar-refractivity contribution >= 4 is 5.91 Å². The summed E-state index contributed by atoms with van der Waals surface area (Å²) in [5.74, 6) is 0.328. The van der Waals surface area contributed by atoms with E-state index in [1.54, 1.807) is 0 Å². The van der Waals surface area contributed by atoms with Crippen molar-refractivity contribution in [1.82, 2.24) is 9.80 Å². The fourth-order valence-electron chi connectivity index (χ4n) is 3.46. The van der Waals surface area contributed by atoms with Crippen LogP contribution in [0.1, 0.15) is 84.0 Å². The molecule has 1 amide bonds. The van der Waals surface area contributed by atoms with Crippen LogP contribution < -0.4 is 0 Å². The number of carbonyl (C=O) groups is 1. The number of rotatable bonds is 14. The fraction of sp³-hybridized carbons (Fsp3) is 0.950. The third kappa shape index (κ3) is 10.3. The highest BCUT2D eigenvalue weighted by Crippen LogP contribution is 2.13. The van der Waals surface area contributed by atoms with E-state index in [1.807, 2.05) is 4.90 Å². The molecule has 1 rings (SSSR count). The fourth-order valence-corrected chi connectivity index (χ4v) is 3.46. The summed E-state index contributed by atoms with van der Waals surface area (Å²) in [6, 6.07) is 0. The van der Waals surface area contributed by atoms with Gasteiger partial charge in [0, 0.05) is 39.1 Å². The van der Waals surface area contributed by atoms with Crippen molar-refractivity contribution in [2.24, 2.45) is 0 Å². The van der Waals surface area contributed by atoms with Gasteiger partial charge in [-0.2, -0.15) is 0 Å². The maximum atomic E-state index is 12.2. The molecule has 24 heavy (non-hydrogen) atoms. The molecule has 0 saturated carbocycles. The molecule has 1 saturated heterocycles. The molecule has 0 aromatic heterocycles. The highest BCUT2D eigenvalue weighted by Gasteiger charge is 2.19. The Balaban J connectivity index is 1.88. The maximum Gasteiger partial charge on any atom is 0.222 e. The molecule has 0 radical (unpaired) electrons. The van der Waals surface area contributed by atoms with Crippen molar-refractivity contribution in [2.45, 2.75) is 84.0 Å². The Morgan fingerprint density at radius 3 is 1.79 bits per heavy atom. The van der Waals surface area contributed by atoms with Gasteiger partial charge < -0.3 is 10.0 Å². The van der Waals surface area contributed by atoms with Crippen molar-refractivity contribution in [3.05, 3.63) is 0 Å². The van der Waals surface area contributed by atoms with Crippen LogP contribution in [-0.4, -0.2) is 60.1 Å². The lowest BCUT2D eigenvalue weighted by Gasteiger charge is -2.34. The smallest absolute Gasteiger partial charge is 0.222 e. The number of β-amino-alcohol motifs (C(OH)–C–C–N with tert-alkyl or cyclic N) is 1. The first-order valence-corrected chi connectivity index (χ1v) is 10.4. The molecule has 142 valence electrons. The minimum atomic E-state index is 0.215. The van der Waals surface area contributed by atoms with Gasteiger partial charge in [-0.3, -0.25) is 9.69 Å². The standard InChI is InChI=1S/C20H40N2O2/c1-2-3-4-5-6-7-8-9-10-11-12-13-20(24)22-16-14-21(15-17-22)18-19-23/h23H,2-19H2,1H3. The molecule has 0 aromatic rings. The van der Waals surface area contributed by atoms with Crippen LogP contribution >= 0.6 is 0 Å². The number of hydrogen-bond donors (Lipinski definition) is 1. The number of carbonyl (C=O) groups excluding carboxylic acids is 1. The summed E-state index contributed by atoms with van der Waals surface area (Å²) in [5, 5.41) is 8.94. The summed E-state index contributed by atoms with van der Waals surface area (Å²) >= 11 is 0. The van der Waals surface area contributed by atoms with Gasteiger partial charge in [0.25, 0.3) is 0 Å². The van der Waals surface area contributed by atoms with E-state index in [0.29, 0.717) is 5.91 Å². The first-order valence-electron chi connectivity index (χ1n) is 10.4. The topological polar surface area (TPSA) is 43.8 Å². The third-order valence-corrected chi connectivity index (χ3v) is 5.14. The number of hydrogen-bond acceptors (Lipinski definition) is 3. The molecule has 4 nitrogen and oxygen atoms in total. The molecule has 1 heterocycles. The van der Waals surface area contributed by atoms with Crippen LogP contribution in [0, 0.1) is 0 Å². The van der Waals surface area contributed by atoms with E-state index in [0.717, 1.165) is 45.6 Å². The molecule has 1 N–H and O–H groups in total. The number of aliphatic hydroxyl groups excluding tert-OH is 1. The quantitative estimate of drug-likeness (QED) is 0.489. The molecule has 0 unspecified atom stereocenters. The van der Waals surface area contributed by atoms with Crippen LogP contribution in [0.3, 0.4) is 0 Å². The predicted octanol–water partition coefficient (Wildman–Crippen LogP) is 3.82. The van der Waals surface area contributed by atoms with Gasteiger partial charge in [-0.25, -0.2) is 0 Å². The van der Waals surface area contributed by atoms with Crippen LogP contribution in [0.4, 0.5) is 0 Å². The van der Waals surface area contributed by atoms with E-state index in [9.17, 15) is 4.79 Å². The lowest BCUT2D eigenvalue weighted by Crippen LogP contribution is -2.49. The summed E-state index contributed by atoms with van der Waals surface area (Å²) in [6.45, 7) is 6.69. The second-order valence-corrected chi connectivity index (χ2v) is 7.23. The van der Waals surface area contributed by atoms with Gasteiger partial charge >= 0.3 is 0 Å². The Morgan fingerprint density at radius 1 is 0.792 bits per heavy atom. The van der Waals surface area contributed by atoms with Gasteiger partial charge in [-0.15, -0.1) is 0 Å². The minimum Gasteiger partial charge on any atom is -0.395 e. The van der Waals surface area contributed by atoms with Crippen molar-refractivity contribution in [1.29, 1.82) is 0 Å². The highest BCUT2D eigenvalue weighted by molar-refractivity contribution is 5.76. The number of piperazine rings is 1. The Hall–Kier alpha value is -0.610. The van der Waals surface area contributed by atoms with Gasteiger partial charge in [0.2, 0.25) is 5.91 Å². The third-order valence-electron chi connectivity index (χ3n) is 5.14. The summed E-state index contributed by atoms with van der Waals surface area (Å²) in [5.41, 5.74) is 0. The van der Waals surface area contributed by atoms with E-state index >= 15 is 0 Å². The molecular formula is C20H40N2O2. The molecule has 0 aromatic carbocycles. The zero-order valence-electron chi connectivity index (χ0n) is 16.0. The normalized spacial score (nSPS) is 15.8. The number of amides is 1. The van der Waals surface area contributed by atoms with E-state index in [1.165, 1.54) is 64.2 Å². The molecule has 0 aliphatic carbocycles. The van der Waals surface area contributed by atoms with Crippen LogP contribution in [0.15, 0.2) is 0 Å². The van der Waals surface area contributed by atoms with Crippen LogP contribution in [-0.2, 0) is 4.79 Å². The Kier molecular flexibility index (Phi) is 13.1. The molecule has 0 spiro atoms. The second-order valence-electron chi connectivity index (χ2n) is 7.23. The van der Waals surface area contributed by atoms with E-state index in [4.69, 9.17) is 5.11 Å². The minimum absolute atomic E-state index is 0.215. The van der Waals surface area contributed by atoms with Gasteiger partial charge in [-0.1, -0.05) is 71.1 Å². The summed E-state index contributed by atoms with van der Waals surface area (Å²) in [6.07, 6.45) is 15.3. The van der Waals surface area contributed by atoms with Crippen molar-refractivity contribution in [2.75, 3.05) is 39.3 Å². The molecule has 0 atom stereocenters. The molecular weight excluding hydrogens is 300 g/mol. The van der Waals surface area contributed by atoms with E-state index < -0.39 is 0 Å². The number of unbranched alkanes of at least 4 members (excludes halogenated alkanes) is 10. The molecule has 0 bridgehead atoms. The Labute approximate surface area is 149 Å². The van der Waals surface area contributed by atoms with Crippen LogP contribution in [0.5, 0.6) is 0 Å². The largest absolute Gasteiger partial charge is 0.395 e. The van der Waals surface area contributed by atoms with Gasteiger partial charge in [-0.05, 0) is 6.42 Å². The van der Waals surface area contributed by atoms with Crippen molar-refractivity contribution < 1.29 is 9.90 Å². The Morgan fingerprint density at radius 2 is 1.29 bits per heavy atom. The molecule has 1 fully saturated rings. The summed E-state index contributed by atoms with van der Waals surface area (Å²) in [7, 11) is 0. The zero-order chi connectivity index (χ0) is 17.5. The van der Waals surface area contributed by atoms with Gasteiger partial charge in [0.1, 0.15) is 0 Å². The SMILES string of the molecule is CCCCCCCCCCCCCC(=O)N1CCN(CCO)CC1. The van der Waals surface area contributed by atoms with Crippen molar-refractivity contribution in [3.8, 4) is 0 Å². The molecule has 4 heteroatoms. The second kappa shape index (κ2) is 14.7. The maximum absolute atomic E-state index is 12.2. The lowest BCUT2D eigenvalue weighted by atomic mass is 10.1. The zero-order valence-corrected chi connectivity index (χ0v) is 16.0. The number of nitrogens with zero attached hydrogens (tertiary/aromatic N) is 2. The summed E-state index contributed by atoms with van der Waals surface area (Å²) < 4.78 is 0. The van der Waals surface area contributed by atoms with E-state index in [-0.39, 0.29) is 6.61 Å². The van der Waals surface area contributed by atoms with Gasteiger partial charge in [0.15, 0.2) is 0 Å². The average molecular weight is 341 g/mol. The molecule has 1 aliphatic rings. The van der Waals surface area contributed by atoms with Crippen LogP contribution in [0.25, 0.3) is 0 Å². The van der Waals surface area contributed by atoms with Gasteiger partial charge in [0.05, 0.1) is 6.61 Å². The predicted molar refractivity (Wildman–Crippen MR) is 101 cm³/mol. The first-order chi connectivity index (χ1) is 11.8. The lowest BCUT2D eigenvalue weighted by molar-refractivity contribution is -0.133. The average Bonchev–Trinajstić information content (AvgIpc) is 2.60. The van der Waals surface area contributed by atoms with Crippen molar-refractivity contribution in [3.63, 3.8) is 0 Å². The number of aliphatic hydroxyl groups is 1.